The van der Waals surface area contributed by atoms with Crippen molar-refractivity contribution in [3.8, 4) is 11.5 Å². The zero-order chi connectivity index (χ0) is 20.4. The van der Waals surface area contributed by atoms with Crippen molar-refractivity contribution in [2.75, 3.05) is 26.0 Å². The van der Waals surface area contributed by atoms with Gasteiger partial charge in [0.1, 0.15) is 0 Å². The average molecular weight is 389 g/mol. The van der Waals surface area contributed by atoms with E-state index in [1.54, 1.807) is 31.2 Å². The lowest BCUT2D eigenvalue weighted by Crippen LogP contribution is -2.18. The van der Waals surface area contributed by atoms with Crippen molar-refractivity contribution in [2.24, 2.45) is 0 Å². The molecule has 0 aliphatic carbocycles. The predicted molar refractivity (Wildman–Crippen MR) is 113 cm³/mol. The van der Waals surface area contributed by atoms with Crippen molar-refractivity contribution in [1.82, 2.24) is 19.7 Å². The van der Waals surface area contributed by atoms with E-state index in [-0.39, 0.29) is 5.91 Å². The molecule has 4 rings (SSSR count). The van der Waals surface area contributed by atoms with Crippen LogP contribution in [0.1, 0.15) is 16.2 Å². The minimum Gasteiger partial charge on any atom is -0.421 e. The van der Waals surface area contributed by atoms with Crippen LogP contribution in [0.4, 0.5) is 5.69 Å². The number of benzene rings is 2. The lowest BCUT2D eigenvalue weighted by Gasteiger charge is -2.12. The maximum Gasteiger partial charge on any atom is 0.255 e. The number of likely N-dealkylation sites (N-methyl/N-ethyl adjacent to an activating group) is 1. The van der Waals surface area contributed by atoms with Gasteiger partial charge in [0, 0.05) is 43.0 Å². The highest BCUT2D eigenvalue weighted by molar-refractivity contribution is 6.05. The molecular formula is C22H23N5O2. The van der Waals surface area contributed by atoms with Gasteiger partial charge in [0.05, 0.1) is 5.52 Å². The Bertz CT molecular complexity index is 1140. The van der Waals surface area contributed by atoms with Crippen molar-refractivity contribution in [1.29, 1.82) is 0 Å². The van der Waals surface area contributed by atoms with Crippen LogP contribution in [0.3, 0.4) is 0 Å². The summed E-state index contributed by atoms with van der Waals surface area (Å²) in [5, 5.41) is 12.0. The number of nitrogens with zero attached hydrogens (tertiary/aromatic N) is 4. The van der Waals surface area contributed by atoms with E-state index in [1.807, 2.05) is 18.2 Å². The van der Waals surface area contributed by atoms with Gasteiger partial charge in [0.2, 0.25) is 11.8 Å². The summed E-state index contributed by atoms with van der Waals surface area (Å²) in [7, 11) is 4.12. The number of nitrogens with one attached hydrogen (secondary N) is 1. The van der Waals surface area contributed by atoms with Gasteiger partial charge < -0.3 is 19.2 Å². The van der Waals surface area contributed by atoms with E-state index >= 15 is 0 Å². The molecule has 0 unspecified atom stereocenters. The van der Waals surface area contributed by atoms with Crippen molar-refractivity contribution < 1.29 is 9.21 Å². The molecule has 0 bridgehead atoms. The summed E-state index contributed by atoms with van der Waals surface area (Å²) in [4.78, 5) is 14.8. The Morgan fingerprint density at radius 3 is 2.59 bits per heavy atom. The van der Waals surface area contributed by atoms with Gasteiger partial charge in [-0.15, -0.1) is 10.2 Å². The van der Waals surface area contributed by atoms with E-state index in [1.165, 1.54) is 0 Å². The topological polar surface area (TPSA) is 76.2 Å². The molecule has 0 saturated carbocycles. The van der Waals surface area contributed by atoms with Crippen molar-refractivity contribution in [3.05, 3.63) is 66.2 Å². The summed E-state index contributed by atoms with van der Waals surface area (Å²) in [5.74, 6) is 0.787. The third-order valence-corrected chi connectivity index (χ3v) is 4.74. The Hall–Kier alpha value is -3.45. The second-order valence-electron chi connectivity index (χ2n) is 7.24. The Labute approximate surface area is 169 Å². The van der Waals surface area contributed by atoms with E-state index < -0.39 is 0 Å². The van der Waals surface area contributed by atoms with Crippen LogP contribution in [0.15, 0.2) is 59.1 Å². The van der Waals surface area contributed by atoms with E-state index in [2.05, 4.69) is 51.3 Å². The van der Waals surface area contributed by atoms with Gasteiger partial charge in [-0.25, -0.2) is 0 Å². The number of hydrogen-bond acceptors (Lipinski definition) is 5. The molecule has 4 aromatic rings. The van der Waals surface area contributed by atoms with Crippen LogP contribution in [-0.2, 0) is 6.54 Å². The first kappa shape index (κ1) is 18.9. The molecule has 2 aromatic heterocycles. The molecule has 0 aliphatic rings. The first-order valence-corrected chi connectivity index (χ1v) is 9.45. The molecule has 0 fully saturated rings. The van der Waals surface area contributed by atoms with Gasteiger partial charge in [-0.2, -0.15) is 0 Å². The van der Waals surface area contributed by atoms with Crippen LogP contribution < -0.4 is 5.32 Å². The highest BCUT2D eigenvalue weighted by Gasteiger charge is 2.10. The number of anilines is 1. The summed E-state index contributed by atoms with van der Waals surface area (Å²) in [6, 6.07) is 15.2. The van der Waals surface area contributed by atoms with Gasteiger partial charge in [-0.05, 0) is 61.9 Å². The zero-order valence-corrected chi connectivity index (χ0v) is 16.7. The summed E-state index contributed by atoms with van der Waals surface area (Å²) >= 11 is 0. The molecule has 7 nitrogen and oxygen atoms in total. The van der Waals surface area contributed by atoms with E-state index in [4.69, 9.17) is 4.42 Å². The average Bonchev–Trinajstić information content (AvgIpc) is 3.32. The molecule has 0 saturated heterocycles. The second-order valence-corrected chi connectivity index (χ2v) is 7.24. The molecule has 0 aliphatic heterocycles. The molecule has 148 valence electrons. The normalized spacial score (nSPS) is 11.3. The number of amides is 1. The first-order chi connectivity index (χ1) is 14.0. The lowest BCUT2D eigenvalue weighted by atomic mass is 10.1. The number of fused-ring (bicyclic) bond motifs is 1. The molecule has 29 heavy (non-hydrogen) atoms. The van der Waals surface area contributed by atoms with Gasteiger partial charge in [-0.1, -0.05) is 6.07 Å². The van der Waals surface area contributed by atoms with E-state index in [0.29, 0.717) is 17.3 Å². The SMILES string of the molecule is Cc1nnc(-c2ccc(C(=O)Nc3ccc4ccn(CCN(C)C)c4c3)cc2)o1. The van der Waals surface area contributed by atoms with Crippen LogP contribution >= 0.6 is 0 Å². The Morgan fingerprint density at radius 1 is 1.10 bits per heavy atom. The highest BCUT2D eigenvalue weighted by Crippen LogP contribution is 2.22. The Morgan fingerprint density at radius 2 is 1.90 bits per heavy atom. The number of rotatable bonds is 6. The summed E-state index contributed by atoms with van der Waals surface area (Å²) in [5.41, 5.74) is 3.21. The summed E-state index contributed by atoms with van der Waals surface area (Å²) in [6.07, 6.45) is 2.08. The van der Waals surface area contributed by atoms with Crippen molar-refractivity contribution >= 4 is 22.5 Å². The third kappa shape index (κ3) is 4.20. The van der Waals surface area contributed by atoms with Crippen LogP contribution in [0.2, 0.25) is 0 Å². The smallest absolute Gasteiger partial charge is 0.255 e. The maximum atomic E-state index is 12.7. The molecule has 0 radical (unpaired) electrons. The molecular weight excluding hydrogens is 366 g/mol. The molecule has 2 heterocycles. The minimum absolute atomic E-state index is 0.163. The minimum atomic E-state index is -0.163. The number of aromatic nitrogens is 3. The van der Waals surface area contributed by atoms with Crippen LogP contribution in [-0.4, -0.2) is 46.2 Å². The first-order valence-electron chi connectivity index (χ1n) is 9.45. The highest BCUT2D eigenvalue weighted by atomic mass is 16.4. The quantitative estimate of drug-likeness (QED) is 0.543. The lowest BCUT2D eigenvalue weighted by molar-refractivity contribution is 0.102. The van der Waals surface area contributed by atoms with Crippen LogP contribution in [0, 0.1) is 6.92 Å². The number of aryl methyl sites for hydroxylation is 1. The van der Waals surface area contributed by atoms with Crippen LogP contribution in [0.5, 0.6) is 0 Å². The second kappa shape index (κ2) is 7.89. The fourth-order valence-electron chi connectivity index (χ4n) is 3.15. The fraction of sp³-hybridized carbons (Fsp3) is 0.227. The molecule has 0 atom stereocenters. The van der Waals surface area contributed by atoms with Gasteiger partial charge in [0.25, 0.3) is 5.91 Å². The predicted octanol–water partition coefficient (Wildman–Crippen LogP) is 3.81. The standard InChI is InChI=1S/C22H23N5O2/c1-15-24-25-22(29-15)18-6-4-17(5-7-18)21(28)23-19-9-8-16-10-11-27(20(16)14-19)13-12-26(2)3/h4-11,14H,12-13H2,1-3H3,(H,23,28). The van der Waals surface area contributed by atoms with E-state index in [9.17, 15) is 4.79 Å². The number of hydrogen-bond donors (Lipinski definition) is 1. The molecule has 7 heteroatoms. The number of carbonyl (C=O) groups is 1. The molecule has 1 amide bonds. The molecule has 2 aromatic carbocycles. The largest absolute Gasteiger partial charge is 0.421 e. The van der Waals surface area contributed by atoms with Crippen LogP contribution in [0.25, 0.3) is 22.4 Å². The summed E-state index contributed by atoms with van der Waals surface area (Å²) in [6.45, 7) is 3.59. The third-order valence-electron chi connectivity index (χ3n) is 4.74. The Kier molecular flexibility index (Phi) is 5.14. The maximum absolute atomic E-state index is 12.7. The number of carbonyl (C=O) groups excluding carboxylic acids is 1. The van der Waals surface area contributed by atoms with Gasteiger partial charge in [-0.3, -0.25) is 4.79 Å². The fourth-order valence-corrected chi connectivity index (χ4v) is 3.15. The Balaban J connectivity index is 1.50. The molecule has 1 N–H and O–H groups in total. The monoisotopic (exact) mass is 389 g/mol. The zero-order valence-electron chi connectivity index (χ0n) is 16.7. The van der Waals surface area contributed by atoms with Crippen molar-refractivity contribution in [2.45, 2.75) is 13.5 Å². The molecule has 0 spiro atoms. The van der Waals surface area contributed by atoms with E-state index in [0.717, 1.165) is 35.2 Å². The van der Waals surface area contributed by atoms with Crippen molar-refractivity contribution in [3.63, 3.8) is 0 Å². The van der Waals surface area contributed by atoms with Gasteiger partial charge in [0.15, 0.2) is 0 Å². The van der Waals surface area contributed by atoms with Gasteiger partial charge >= 0.3 is 0 Å². The summed E-state index contributed by atoms with van der Waals surface area (Å²) < 4.78 is 7.62.